The predicted molar refractivity (Wildman–Crippen MR) is 45.5 cm³/mol. The molecule has 6 heteroatoms. The van der Waals surface area contributed by atoms with Gasteiger partial charge in [0.05, 0.1) is 0 Å². The van der Waals surface area contributed by atoms with Gasteiger partial charge in [-0.1, -0.05) is 0 Å². The molecule has 0 bridgehead atoms. The standard InChI is InChI=1S/C7H14N2O4/c8-4-2-1-3-5(6(10)11)9-7(12)13/h5,9H,1-4,8H2,(H,10,11)(H,12,13). The Morgan fingerprint density at radius 2 is 1.92 bits per heavy atom. The third-order valence-corrected chi connectivity index (χ3v) is 1.54. The van der Waals surface area contributed by atoms with Crippen LogP contribution in [0.25, 0.3) is 0 Å². The fourth-order valence-corrected chi connectivity index (χ4v) is 0.899. The van der Waals surface area contributed by atoms with Crippen molar-refractivity contribution < 1.29 is 19.8 Å². The zero-order valence-corrected chi connectivity index (χ0v) is 7.19. The minimum absolute atomic E-state index is 0.277. The summed E-state index contributed by atoms with van der Waals surface area (Å²) in [5.41, 5.74) is 5.21. The van der Waals surface area contributed by atoms with Crippen LogP contribution in [-0.4, -0.2) is 34.9 Å². The number of nitrogens with two attached hydrogens (primary N) is 1. The van der Waals surface area contributed by atoms with Gasteiger partial charge < -0.3 is 21.3 Å². The van der Waals surface area contributed by atoms with Crippen LogP contribution in [0.15, 0.2) is 0 Å². The molecule has 0 aliphatic heterocycles. The van der Waals surface area contributed by atoms with E-state index in [0.29, 0.717) is 19.4 Å². The second kappa shape index (κ2) is 6.24. The van der Waals surface area contributed by atoms with Crippen molar-refractivity contribution in [2.45, 2.75) is 25.3 Å². The summed E-state index contributed by atoms with van der Waals surface area (Å²) in [5.74, 6) is -1.15. The monoisotopic (exact) mass is 190 g/mol. The molecule has 13 heavy (non-hydrogen) atoms. The number of nitrogens with one attached hydrogen (secondary N) is 1. The van der Waals surface area contributed by atoms with Gasteiger partial charge in [-0.05, 0) is 25.8 Å². The molecule has 0 spiro atoms. The maximum atomic E-state index is 10.5. The van der Waals surface area contributed by atoms with E-state index in [4.69, 9.17) is 15.9 Å². The second-order valence-electron chi connectivity index (χ2n) is 2.62. The maximum absolute atomic E-state index is 10.5. The number of amides is 1. The lowest BCUT2D eigenvalue weighted by Gasteiger charge is -2.10. The Labute approximate surface area is 75.7 Å². The van der Waals surface area contributed by atoms with E-state index in [1.54, 1.807) is 0 Å². The topological polar surface area (TPSA) is 113 Å². The van der Waals surface area contributed by atoms with Crippen LogP contribution in [-0.2, 0) is 4.79 Å². The maximum Gasteiger partial charge on any atom is 0.405 e. The van der Waals surface area contributed by atoms with E-state index < -0.39 is 18.1 Å². The zero-order chi connectivity index (χ0) is 10.3. The van der Waals surface area contributed by atoms with E-state index >= 15 is 0 Å². The number of hydrogen-bond donors (Lipinski definition) is 4. The Morgan fingerprint density at radius 3 is 2.31 bits per heavy atom. The first-order valence-corrected chi connectivity index (χ1v) is 4.00. The van der Waals surface area contributed by atoms with Gasteiger partial charge in [0.25, 0.3) is 0 Å². The molecule has 0 aromatic heterocycles. The van der Waals surface area contributed by atoms with Crippen LogP contribution in [0.3, 0.4) is 0 Å². The highest BCUT2D eigenvalue weighted by molar-refractivity contribution is 5.78. The van der Waals surface area contributed by atoms with Crippen molar-refractivity contribution >= 4 is 12.1 Å². The number of rotatable bonds is 6. The van der Waals surface area contributed by atoms with Crippen molar-refractivity contribution in [3.63, 3.8) is 0 Å². The van der Waals surface area contributed by atoms with Crippen LogP contribution in [0.4, 0.5) is 4.79 Å². The van der Waals surface area contributed by atoms with Crippen LogP contribution < -0.4 is 11.1 Å². The molecule has 0 aliphatic rings. The van der Waals surface area contributed by atoms with Gasteiger partial charge in [-0.2, -0.15) is 0 Å². The predicted octanol–water partition coefficient (Wildman–Crippen LogP) is -0.164. The smallest absolute Gasteiger partial charge is 0.405 e. The molecular weight excluding hydrogens is 176 g/mol. The van der Waals surface area contributed by atoms with Gasteiger partial charge in [0.1, 0.15) is 6.04 Å². The van der Waals surface area contributed by atoms with Crippen LogP contribution in [0.5, 0.6) is 0 Å². The number of carboxylic acids is 1. The lowest BCUT2D eigenvalue weighted by atomic mass is 10.1. The Hall–Kier alpha value is -1.30. The molecule has 0 radical (unpaired) electrons. The number of hydrogen-bond acceptors (Lipinski definition) is 3. The molecule has 0 aromatic carbocycles. The van der Waals surface area contributed by atoms with Crippen LogP contribution in [0.1, 0.15) is 19.3 Å². The molecular formula is C7H14N2O4. The first-order valence-electron chi connectivity index (χ1n) is 4.00. The minimum atomic E-state index is -1.32. The Bertz CT molecular complexity index is 183. The second-order valence-corrected chi connectivity index (χ2v) is 2.62. The summed E-state index contributed by atoms with van der Waals surface area (Å²) in [6.07, 6.45) is 0.262. The highest BCUT2D eigenvalue weighted by Crippen LogP contribution is 2.00. The summed E-state index contributed by atoms with van der Waals surface area (Å²) in [7, 11) is 0. The van der Waals surface area contributed by atoms with E-state index in [1.165, 1.54) is 0 Å². The van der Waals surface area contributed by atoms with E-state index in [2.05, 4.69) is 0 Å². The van der Waals surface area contributed by atoms with Crippen molar-refractivity contribution in [2.24, 2.45) is 5.73 Å². The number of carboxylic acid groups (broad SMARTS) is 2. The highest BCUT2D eigenvalue weighted by Gasteiger charge is 2.18. The average Bonchev–Trinajstić information content (AvgIpc) is 2.02. The van der Waals surface area contributed by atoms with Crippen LogP contribution in [0, 0.1) is 0 Å². The van der Waals surface area contributed by atoms with E-state index in [9.17, 15) is 9.59 Å². The van der Waals surface area contributed by atoms with Gasteiger partial charge in [0, 0.05) is 0 Å². The molecule has 0 aromatic rings. The average molecular weight is 190 g/mol. The molecule has 1 unspecified atom stereocenters. The first kappa shape index (κ1) is 11.7. The molecule has 0 saturated carbocycles. The Balaban J connectivity index is 3.81. The zero-order valence-electron chi connectivity index (χ0n) is 7.19. The van der Waals surface area contributed by atoms with Gasteiger partial charge >= 0.3 is 12.1 Å². The molecule has 5 N–H and O–H groups in total. The third kappa shape index (κ3) is 5.92. The summed E-state index contributed by atoms with van der Waals surface area (Å²) in [6.45, 7) is 0.486. The summed E-state index contributed by atoms with van der Waals surface area (Å²) in [4.78, 5) is 20.6. The quantitative estimate of drug-likeness (QED) is 0.434. The van der Waals surface area contributed by atoms with Crippen molar-refractivity contribution in [1.29, 1.82) is 0 Å². The molecule has 76 valence electrons. The summed E-state index contributed by atoms with van der Waals surface area (Å²) < 4.78 is 0. The molecule has 1 atom stereocenters. The molecule has 0 aliphatic carbocycles. The molecule has 0 heterocycles. The van der Waals surface area contributed by atoms with Crippen molar-refractivity contribution in [3.8, 4) is 0 Å². The molecule has 0 fully saturated rings. The fraction of sp³-hybridized carbons (Fsp3) is 0.714. The Morgan fingerprint density at radius 1 is 1.31 bits per heavy atom. The van der Waals surface area contributed by atoms with Gasteiger partial charge in [-0.3, -0.25) is 0 Å². The van der Waals surface area contributed by atoms with Gasteiger partial charge in [0.2, 0.25) is 0 Å². The van der Waals surface area contributed by atoms with Gasteiger partial charge in [-0.25, -0.2) is 9.59 Å². The molecule has 6 nitrogen and oxygen atoms in total. The largest absolute Gasteiger partial charge is 0.480 e. The first-order chi connectivity index (χ1) is 6.07. The minimum Gasteiger partial charge on any atom is -0.480 e. The third-order valence-electron chi connectivity index (χ3n) is 1.54. The Kier molecular flexibility index (Phi) is 5.62. The molecule has 0 rings (SSSR count). The van der Waals surface area contributed by atoms with Crippen LogP contribution in [0.2, 0.25) is 0 Å². The van der Waals surface area contributed by atoms with E-state index in [-0.39, 0.29) is 6.42 Å². The normalized spacial score (nSPS) is 12.1. The lowest BCUT2D eigenvalue weighted by molar-refractivity contribution is -0.139. The number of aliphatic carboxylic acids is 1. The van der Waals surface area contributed by atoms with Crippen molar-refractivity contribution in [1.82, 2.24) is 5.32 Å². The van der Waals surface area contributed by atoms with Gasteiger partial charge in [-0.15, -0.1) is 0 Å². The molecule has 0 saturated heterocycles. The SMILES string of the molecule is NCCCCC(NC(=O)O)C(=O)O. The van der Waals surface area contributed by atoms with Crippen LogP contribution >= 0.6 is 0 Å². The lowest BCUT2D eigenvalue weighted by Crippen LogP contribution is -2.39. The van der Waals surface area contributed by atoms with E-state index in [1.807, 2.05) is 5.32 Å². The fourth-order valence-electron chi connectivity index (χ4n) is 0.899. The van der Waals surface area contributed by atoms with Gasteiger partial charge in [0.15, 0.2) is 0 Å². The van der Waals surface area contributed by atoms with E-state index in [0.717, 1.165) is 0 Å². The summed E-state index contributed by atoms with van der Waals surface area (Å²) in [5, 5.41) is 18.8. The number of carbonyl (C=O) groups is 2. The highest BCUT2D eigenvalue weighted by atomic mass is 16.4. The molecule has 1 amide bonds. The summed E-state index contributed by atoms with van der Waals surface area (Å²) in [6, 6.07) is -1.02. The van der Waals surface area contributed by atoms with Crippen molar-refractivity contribution in [3.05, 3.63) is 0 Å². The number of unbranched alkanes of at least 4 members (excludes halogenated alkanes) is 1. The summed E-state index contributed by atoms with van der Waals surface area (Å²) >= 11 is 0. The van der Waals surface area contributed by atoms with Crippen molar-refractivity contribution in [2.75, 3.05) is 6.54 Å².